The van der Waals surface area contributed by atoms with Crippen molar-refractivity contribution in [1.29, 1.82) is 0 Å². The molecule has 1 aromatic rings. The van der Waals surface area contributed by atoms with Crippen LogP contribution in [0.15, 0.2) is 12.1 Å². The van der Waals surface area contributed by atoms with E-state index >= 15 is 0 Å². The number of hydrogen-bond acceptors (Lipinski definition) is 0. The van der Waals surface area contributed by atoms with Gasteiger partial charge in [0, 0.05) is 0 Å². The Morgan fingerprint density at radius 3 is 2.46 bits per heavy atom. The molecule has 0 saturated heterocycles. The van der Waals surface area contributed by atoms with Gasteiger partial charge in [0.25, 0.3) is 0 Å². The molecule has 1 rings (SSSR count). The van der Waals surface area contributed by atoms with E-state index in [1.165, 1.54) is 0 Å². The highest BCUT2D eigenvalue weighted by Crippen LogP contribution is 2.27. The molecule has 72 valence electrons. The van der Waals surface area contributed by atoms with E-state index in [-0.39, 0.29) is 10.8 Å². The fraction of sp³-hybridized carbons (Fsp3) is 0.455. The maximum atomic E-state index is 13.5. The van der Waals surface area contributed by atoms with Crippen LogP contribution in [0.2, 0.25) is 5.02 Å². The average Bonchev–Trinajstić information content (AvgIpc) is 2.09. The van der Waals surface area contributed by atoms with E-state index in [0.29, 0.717) is 12.3 Å². The lowest BCUT2D eigenvalue weighted by atomic mass is 9.95. The molecule has 0 radical (unpaired) electrons. The molecule has 0 atom stereocenters. The van der Waals surface area contributed by atoms with Crippen molar-refractivity contribution in [3.63, 3.8) is 0 Å². The highest BCUT2D eigenvalue weighted by molar-refractivity contribution is 6.30. The van der Waals surface area contributed by atoms with Crippen LogP contribution < -0.4 is 0 Å². The molecular formula is C11H14ClF. The van der Waals surface area contributed by atoms with Gasteiger partial charge in [-0.05, 0) is 29.5 Å². The Kier molecular flexibility index (Phi) is 3.32. The smallest absolute Gasteiger partial charge is 0.145 e. The van der Waals surface area contributed by atoms with Crippen LogP contribution in [0, 0.1) is 5.82 Å². The summed E-state index contributed by atoms with van der Waals surface area (Å²) in [4.78, 5) is 0. The van der Waals surface area contributed by atoms with Gasteiger partial charge in [0.05, 0.1) is 5.02 Å². The average molecular weight is 201 g/mol. The second kappa shape index (κ2) is 4.10. The molecule has 0 N–H and O–H groups in total. The Hall–Kier alpha value is -0.560. The van der Waals surface area contributed by atoms with Gasteiger partial charge in [-0.1, -0.05) is 38.4 Å². The summed E-state index contributed by atoms with van der Waals surface area (Å²) in [6.07, 6.45) is 0.694. The molecule has 1 aromatic carbocycles. The van der Waals surface area contributed by atoms with Crippen LogP contribution >= 0.6 is 11.6 Å². The fourth-order valence-electron chi connectivity index (χ4n) is 1.51. The van der Waals surface area contributed by atoms with E-state index in [1.54, 1.807) is 6.07 Å². The van der Waals surface area contributed by atoms with Gasteiger partial charge in [-0.2, -0.15) is 0 Å². The second-order valence-corrected chi connectivity index (χ2v) is 3.84. The van der Waals surface area contributed by atoms with Crippen LogP contribution in [0.4, 0.5) is 4.39 Å². The second-order valence-electron chi connectivity index (χ2n) is 3.44. The SMILES string of the molecule is CCc1c(C(C)C)ccc(Cl)c1F. The molecule has 0 aromatic heterocycles. The third-order valence-electron chi connectivity index (χ3n) is 2.21. The number of rotatable bonds is 2. The van der Waals surface area contributed by atoms with Crippen LogP contribution in [0.1, 0.15) is 37.8 Å². The predicted octanol–water partition coefficient (Wildman–Crippen LogP) is 4.16. The third kappa shape index (κ3) is 2.02. The summed E-state index contributed by atoms with van der Waals surface area (Å²) in [5.41, 5.74) is 1.81. The number of hydrogen-bond donors (Lipinski definition) is 0. The molecule has 0 bridgehead atoms. The summed E-state index contributed by atoms with van der Waals surface area (Å²) in [5, 5.41) is 0.223. The molecule has 0 amide bonds. The first-order chi connectivity index (χ1) is 6.07. The summed E-state index contributed by atoms with van der Waals surface area (Å²) >= 11 is 5.69. The minimum atomic E-state index is -0.254. The van der Waals surface area contributed by atoms with E-state index < -0.39 is 0 Å². The molecule has 0 saturated carbocycles. The quantitative estimate of drug-likeness (QED) is 0.673. The minimum Gasteiger partial charge on any atom is -0.205 e. The summed E-state index contributed by atoms with van der Waals surface area (Å²) in [7, 11) is 0. The monoisotopic (exact) mass is 200 g/mol. The molecule has 0 aliphatic rings. The van der Waals surface area contributed by atoms with Crippen molar-refractivity contribution in [2.24, 2.45) is 0 Å². The molecule has 0 fully saturated rings. The van der Waals surface area contributed by atoms with Crippen molar-refractivity contribution in [2.45, 2.75) is 33.1 Å². The predicted molar refractivity (Wildman–Crippen MR) is 54.9 cm³/mol. The van der Waals surface area contributed by atoms with Gasteiger partial charge in [-0.3, -0.25) is 0 Å². The standard InChI is InChI=1S/C11H14ClF/c1-4-8-9(7(2)3)5-6-10(12)11(8)13/h5-7H,4H2,1-3H3. The van der Waals surface area contributed by atoms with Gasteiger partial charge in [0.2, 0.25) is 0 Å². The first-order valence-corrected chi connectivity index (χ1v) is 4.92. The van der Waals surface area contributed by atoms with Crippen molar-refractivity contribution < 1.29 is 4.39 Å². The van der Waals surface area contributed by atoms with Crippen LogP contribution in [0.3, 0.4) is 0 Å². The Morgan fingerprint density at radius 2 is 2.00 bits per heavy atom. The van der Waals surface area contributed by atoms with Gasteiger partial charge in [0.15, 0.2) is 0 Å². The van der Waals surface area contributed by atoms with Gasteiger partial charge in [0.1, 0.15) is 5.82 Å². The summed E-state index contributed by atoms with van der Waals surface area (Å²) in [5.74, 6) is 0.0945. The summed E-state index contributed by atoms with van der Waals surface area (Å²) in [6.45, 7) is 6.06. The zero-order valence-electron chi connectivity index (χ0n) is 8.20. The zero-order valence-corrected chi connectivity index (χ0v) is 8.95. The maximum Gasteiger partial charge on any atom is 0.145 e. The lowest BCUT2D eigenvalue weighted by molar-refractivity contribution is 0.606. The van der Waals surface area contributed by atoms with Crippen LogP contribution in [-0.2, 0) is 6.42 Å². The molecule has 0 heterocycles. The lowest BCUT2D eigenvalue weighted by Crippen LogP contribution is -1.99. The van der Waals surface area contributed by atoms with Crippen molar-refractivity contribution in [3.05, 3.63) is 34.1 Å². The van der Waals surface area contributed by atoms with E-state index in [0.717, 1.165) is 11.1 Å². The van der Waals surface area contributed by atoms with Crippen molar-refractivity contribution in [3.8, 4) is 0 Å². The minimum absolute atomic E-state index is 0.223. The largest absolute Gasteiger partial charge is 0.205 e. The Morgan fingerprint density at radius 1 is 1.38 bits per heavy atom. The topological polar surface area (TPSA) is 0 Å². The molecule has 0 nitrogen and oxygen atoms in total. The highest BCUT2D eigenvalue weighted by Gasteiger charge is 2.12. The zero-order chi connectivity index (χ0) is 10.0. The van der Waals surface area contributed by atoms with E-state index in [9.17, 15) is 4.39 Å². The van der Waals surface area contributed by atoms with Gasteiger partial charge >= 0.3 is 0 Å². The first kappa shape index (κ1) is 10.5. The molecule has 0 spiro atoms. The molecule has 0 aliphatic carbocycles. The van der Waals surface area contributed by atoms with Gasteiger partial charge in [-0.25, -0.2) is 4.39 Å². The van der Waals surface area contributed by atoms with Gasteiger partial charge in [-0.15, -0.1) is 0 Å². The van der Waals surface area contributed by atoms with Crippen LogP contribution in [0.25, 0.3) is 0 Å². The normalized spacial score (nSPS) is 10.9. The van der Waals surface area contributed by atoms with Crippen molar-refractivity contribution >= 4 is 11.6 Å². The third-order valence-corrected chi connectivity index (χ3v) is 2.50. The molecular weight excluding hydrogens is 187 g/mol. The van der Waals surface area contributed by atoms with E-state index in [4.69, 9.17) is 11.6 Å². The number of benzene rings is 1. The van der Waals surface area contributed by atoms with E-state index in [2.05, 4.69) is 13.8 Å². The highest BCUT2D eigenvalue weighted by atomic mass is 35.5. The summed E-state index contributed by atoms with van der Waals surface area (Å²) in [6, 6.07) is 3.54. The van der Waals surface area contributed by atoms with Crippen molar-refractivity contribution in [1.82, 2.24) is 0 Å². The molecule has 0 unspecified atom stereocenters. The Balaban J connectivity index is 3.30. The maximum absolute atomic E-state index is 13.5. The number of halogens is 2. The molecule has 0 aliphatic heterocycles. The lowest BCUT2D eigenvalue weighted by Gasteiger charge is -2.12. The summed E-state index contributed by atoms with van der Waals surface area (Å²) < 4.78 is 13.5. The Bertz CT molecular complexity index is 305. The first-order valence-electron chi connectivity index (χ1n) is 4.54. The fourth-order valence-corrected chi connectivity index (χ4v) is 1.68. The molecule has 2 heteroatoms. The van der Waals surface area contributed by atoms with Crippen molar-refractivity contribution in [2.75, 3.05) is 0 Å². The van der Waals surface area contributed by atoms with E-state index in [1.807, 2.05) is 13.0 Å². The molecule has 13 heavy (non-hydrogen) atoms. The van der Waals surface area contributed by atoms with Crippen LogP contribution in [0.5, 0.6) is 0 Å². The van der Waals surface area contributed by atoms with Gasteiger partial charge < -0.3 is 0 Å². The Labute approximate surface area is 83.7 Å². The van der Waals surface area contributed by atoms with Crippen LogP contribution in [-0.4, -0.2) is 0 Å².